The van der Waals surface area contributed by atoms with Gasteiger partial charge in [-0.25, -0.2) is 19.9 Å². The molecule has 2 aliphatic carbocycles. The molecule has 0 saturated carbocycles. The van der Waals surface area contributed by atoms with E-state index in [1.807, 2.05) is 41.3 Å². The van der Waals surface area contributed by atoms with Crippen LogP contribution in [0.15, 0.2) is 49.1 Å². The summed E-state index contributed by atoms with van der Waals surface area (Å²) in [5.41, 5.74) is 6.11. The number of morpholine rings is 1. The fraction of sp³-hybridized carbons (Fsp3) is 0.333. The second kappa shape index (κ2) is 15.4. The molecule has 6 aromatic heterocycles. The molecule has 294 valence electrons. The third-order valence-electron chi connectivity index (χ3n) is 11.1. The highest BCUT2D eigenvalue weighted by Gasteiger charge is 2.34. The first-order valence-corrected chi connectivity index (χ1v) is 22.1. The Labute approximate surface area is 346 Å². The lowest BCUT2D eigenvalue weighted by Crippen LogP contribution is -2.50. The molecule has 7 heterocycles. The Morgan fingerprint density at radius 2 is 1.33 bits per heavy atom. The van der Waals surface area contributed by atoms with E-state index < -0.39 is 5.97 Å². The first-order valence-electron chi connectivity index (χ1n) is 19.0. The molecule has 1 fully saturated rings. The van der Waals surface area contributed by atoms with Crippen LogP contribution in [0.2, 0.25) is 0 Å². The predicted molar refractivity (Wildman–Crippen MR) is 227 cm³/mol. The summed E-state index contributed by atoms with van der Waals surface area (Å²) in [4.78, 5) is 48.7. The van der Waals surface area contributed by atoms with Gasteiger partial charge in [-0.2, -0.15) is 0 Å². The zero-order valence-corrected chi connectivity index (χ0v) is 34.3. The minimum atomic E-state index is -0.719. The van der Waals surface area contributed by atoms with Gasteiger partial charge in [0.25, 0.3) is 0 Å². The van der Waals surface area contributed by atoms with Crippen LogP contribution in [0.5, 0.6) is 0 Å². The van der Waals surface area contributed by atoms with E-state index in [1.54, 1.807) is 35.3 Å². The van der Waals surface area contributed by atoms with Crippen LogP contribution in [0.3, 0.4) is 0 Å². The van der Waals surface area contributed by atoms with Gasteiger partial charge in [-0.1, -0.05) is 8.98 Å². The molecule has 1 aliphatic heterocycles. The van der Waals surface area contributed by atoms with Crippen LogP contribution in [0, 0.1) is 11.8 Å². The van der Waals surface area contributed by atoms with E-state index in [9.17, 15) is 14.7 Å². The summed E-state index contributed by atoms with van der Waals surface area (Å²) in [6.07, 6.45) is 7.62. The summed E-state index contributed by atoms with van der Waals surface area (Å²) in [7, 11) is 0. The third-order valence-corrected chi connectivity index (χ3v) is 14.8. The van der Waals surface area contributed by atoms with E-state index in [2.05, 4.69) is 56.7 Å². The van der Waals surface area contributed by atoms with Gasteiger partial charge in [-0.3, -0.25) is 9.59 Å². The highest BCUT2D eigenvalue weighted by molar-refractivity contribution is 7.19. The minimum Gasteiger partial charge on any atom is -0.481 e. The molecule has 3 N–H and O–H groups in total. The summed E-state index contributed by atoms with van der Waals surface area (Å²) in [5, 5.41) is 26.4. The molecule has 58 heavy (non-hydrogen) atoms. The molecule has 3 atom stereocenters. The smallest absolute Gasteiger partial charge is 0.306 e. The average molecular weight is 850 g/mol. The highest BCUT2D eigenvalue weighted by Crippen LogP contribution is 2.42. The zero-order valence-electron chi connectivity index (χ0n) is 31.0. The molecule has 19 heteroatoms. The topological polar surface area (TPSA) is 194 Å². The number of thiophene rings is 2. The average Bonchev–Trinajstić information content (AvgIpc) is 4.05. The Balaban J connectivity index is 0.000000144. The fourth-order valence-corrected chi connectivity index (χ4v) is 11.8. The monoisotopic (exact) mass is 849 g/mol. The first kappa shape index (κ1) is 37.0. The second-order valence-electron chi connectivity index (χ2n) is 14.6. The first-order chi connectivity index (χ1) is 28.4. The van der Waals surface area contributed by atoms with Gasteiger partial charge < -0.3 is 25.4 Å². The maximum Gasteiger partial charge on any atom is 0.306 e. The lowest BCUT2D eigenvalue weighted by atomic mass is 9.86. The molecule has 2 aromatic carbocycles. The van der Waals surface area contributed by atoms with Crippen LogP contribution in [0.1, 0.15) is 40.6 Å². The molecular weight excluding hydrogens is 815 g/mol. The summed E-state index contributed by atoms with van der Waals surface area (Å²) in [5.74, 6) is 0.848. The van der Waals surface area contributed by atoms with Crippen molar-refractivity contribution < 1.29 is 19.4 Å². The van der Waals surface area contributed by atoms with E-state index in [0.717, 1.165) is 94.4 Å². The number of hydrogen-bond donors (Lipinski definition) is 3. The van der Waals surface area contributed by atoms with Crippen molar-refractivity contribution in [3.05, 3.63) is 69.9 Å². The summed E-state index contributed by atoms with van der Waals surface area (Å²) >= 11 is 6.00. The van der Waals surface area contributed by atoms with E-state index in [1.165, 1.54) is 39.1 Å². The van der Waals surface area contributed by atoms with E-state index >= 15 is 0 Å². The maximum atomic E-state index is 13.2. The van der Waals surface area contributed by atoms with Gasteiger partial charge in [0.2, 0.25) is 5.91 Å². The van der Waals surface area contributed by atoms with Crippen molar-refractivity contribution in [3.8, 4) is 0 Å². The number of amides is 1. The van der Waals surface area contributed by atoms with Gasteiger partial charge in [0.05, 0.1) is 45.3 Å². The van der Waals surface area contributed by atoms with E-state index in [4.69, 9.17) is 4.74 Å². The predicted octanol–water partition coefficient (Wildman–Crippen LogP) is 7.42. The number of rotatable bonds is 6. The molecule has 1 saturated heterocycles. The van der Waals surface area contributed by atoms with Crippen LogP contribution < -0.4 is 10.6 Å². The lowest BCUT2D eigenvalue weighted by Gasteiger charge is -2.36. The standard InChI is InChI=1S/C22H22N6O2S2.C17H13N5O2S2/c1-12-10-30-7-6-28(12)22(29)13-2-4-15-17(8-13)31-21-19(15)20(23-11-24-21)25-14-3-5-16-18(9-14)32-27-26-16;23-17(24)8-1-3-10-12(5-8)25-16-14(10)15(18-7-19-16)20-9-2-4-11-13(6-9)26-22-21-11/h3,5,9,11-13H,2,4,6-8,10H2,1H3,(H,23,24,25);2,4,6-8H,1,3,5H2,(H,23,24)(H,18,19,20)/t12-,13+;8-/m10/s1. The van der Waals surface area contributed by atoms with E-state index in [0.29, 0.717) is 32.6 Å². The molecule has 11 rings (SSSR count). The molecule has 0 unspecified atom stereocenters. The van der Waals surface area contributed by atoms with Crippen molar-refractivity contribution in [1.29, 1.82) is 0 Å². The summed E-state index contributed by atoms with van der Waals surface area (Å²) < 4.78 is 15.5. The molecule has 15 nitrogen and oxygen atoms in total. The number of aliphatic carboxylic acids is 1. The van der Waals surface area contributed by atoms with Crippen LogP contribution in [-0.2, 0) is 40.0 Å². The molecular formula is C39H35N11O4S4. The van der Waals surface area contributed by atoms with Gasteiger partial charge in [0.1, 0.15) is 45.0 Å². The number of carbonyl (C=O) groups is 2. The van der Waals surface area contributed by atoms with Crippen molar-refractivity contribution >= 4 is 121 Å². The Morgan fingerprint density at radius 3 is 1.88 bits per heavy atom. The molecule has 3 aliphatic rings. The number of carboxylic acid groups (broad SMARTS) is 1. The Bertz CT molecular complexity index is 2850. The number of benzene rings is 2. The molecule has 0 radical (unpaired) electrons. The minimum absolute atomic E-state index is 0.0294. The van der Waals surface area contributed by atoms with Gasteiger partial charge in [-0.05, 0) is 116 Å². The van der Waals surface area contributed by atoms with Crippen molar-refractivity contribution in [2.45, 2.75) is 51.5 Å². The fourth-order valence-electron chi connectivity index (χ4n) is 8.11. The second-order valence-corrected chi connectivity index (χ2v) is 18.4. The SMILES string of the molecule is C[C@@H]1COCCN1C(=O)[C@H]1CCc2c(sc3ncnc(Nc4ccc5nnsc5c4)c23)C1.O=C(O)[C@H]1CCc2c(sc3ncnc(Nc4ccc5nnsc5c4)c23)C1. The van der Waals surface area contributed by atoms with Gasteiger partial charge in [0.15, 0.2) is 0 Å². The number of nitrogens with one attached hydrogen (secondary N) is 2. The summed E-state index contributed by atoms with van der Waals surface area (Å²) in [6.45, 7) is 4.01. The number of carbonyl (C=O) groups excluding carboxylic acids is 1. The van der Waals surface area contributed by atoms with Crippen LogP contribution >= 0.6 is 45.7 Å². The van der Waals surface area contributed by atoms with Crippen molar-refractivity contribution in [1.82, 2.24) is 44.0 Å². The largest absolute Gasteiger partial charge is 0.481 e. The number of carboxylic acids is 1. The van der Waals surface area contributed by atoms with E-state index in [-0.39, 0.29) is 23.8 Å². The van der Waals surface area contributed by atoms with Gasteiger partial charge in [0, 0.05) is 33.6 Å². The number of aromatic nitrogens is 8. The molecule has 0 spiro atoms. The Hall–Kier alpha value is -5.34. The quantitative estimate of drug-likeness (QED) is 0.150. The normalized spacial score (nSPS) is 19.1. The van der Waals surface area contributed by atoms with Crippen molar-refractivity contribution in [2.24, 2.45) is 11.8 Å². The Kier molecular flexibility index (Phi) is 9.84. The maximum absolute atomic E-state index is 13.2. The van der Waals surface area contributed by atoms with Gasteiger partial charge in [-0.15, -0.1) is 32.9 Å². The third kappa shape index (κ3) is 6.99. The van der Waals surface area contributed by atoms with Crippen LogP contribution in [0.25, 0.3) is 40.9 Å². The molecule has 8 aromatic rings. The van der Waals surface area contributed by atoms with Crippen LogP contribution in [-0.4, -0.2) is 86.8 Å². The molecule has 1 amide bonds. The Morgan fingerprint density at radius 1 is 0.776 bits per heavy atom. The number of aryl methyl sites for hydroxylation is 2. The lowest BCUT2D eigenvalue weighted by molar-refractivity contribution is -0.144. The number of nitrogens with zero attached hydrogens (tertiary/aromatic N) is 9. The summed E-state index contributed by atoms with van der Waals surface area (Å²) in [6, 6.07) is 12.0. The highest BCUT2D eigenvalue weighted by atomic mass is 32.1. The zero-order chi connectivity index (χ0) is 39.3. The van der Waals surface area contributed by atoms with Crippen molar-refractivity contribution in [3.63, 3.8) is 0 Å². The number of hydrogen-bond acceptors (Lipinski definition) is 17. The number of fused-ring (bicyclic) bond motifs is 8. The number of anilines is 4. The van der Waals surface area contributed by atoms with Crippen LogP contribution in [0.4, 0.5) is 23.0 Å². The molecule has 0 bridgehead atoms. The van der Waals surface area contributed by atoms with Crippen molar-refractivity contribution in [2.75, 3.05) is 30.4 Å². The van der Waals surface area contributed by atoms with Gasteiger partial charge >= 0.3 is 5.97 Å². The number of ether oxygens (including phenoxy) is 1.